The molecular formula is C7H15NaO. The topological polar surface area (TPSA) is 20.2 Å². The Morgan fingerprint density at radius 3 is 2.00 bits per heavy atom. The third-order valence-corrected chi connectivity index (χ3v) is 1.98. The molecule has 0 aliphatic heterocycles. The molecule has 0 unspecified atom stereocenters. The van der Waals surface area contributed by atoms with Crippen molar-refractivity contribution >= 4 is 29.6 Å². The summed E-state index contributed by atoms with van der Waals surface area (Å²) in [6.45, 7) is 0.417. The number of hydrogen-bond acceptors (Lipinski definition) is 1. The fraction of sp³-hybridized carbons (Fsp3) is 1.00. The van der Waals surface area contributed by atoms with E-state index < -0.39 is 0 Å². The molecular weight excluding hydrogens is 123 g/mol. The van der Waals surface area contributed by atoms with E-state index in [2.05, 4.69) is 0 Å². The van der Waals surface area contributed by atoms with Crippen molar-refractivity contribution in [1.29, 1.82) is 0 Å². The molecule has 0 aromatic carbocycles. The maximum absolute atomic E-state index is 8.69. The molecule has 9 heavy (non-hydrogen) atoms. The summed E-state index contributed by atoms with van der Waals surface area (Å²) < 4.78 is 0. The van der Waals surface area contributed by atoms with E-state index in [1.54, 1.807) is 0 Å². The molecule has 50 valence electrons. The molecule has 0 atom stereocenters. The molecule has 0 bridgehead atoms. The minimum absolute atomic E-state index is 0. The fourth-order valence-electron chi connectivity index (χ4n) is 1.37. The van der Waals surface area contributed by atoms with Crippen LogP contribution in [0.15, 0.2) is 0 Å². The average Bonchev–Trinajstić information content (AvgIpc) is 1.90. The zero-order chi connectivity index (χ0) is 5.82. The Balaban J connectivity index is 0.000000640. The van der Waals surface area contributed by atoms with Crippen LogP contribution < -0.4 is 0 Å². The third kappa shape index (κ3) is 3.61. The second-order valence-electron chi connectivity index (χ2n) is 2.69. The molecule has 0 saturated heterocycles. The first-order valence-electron chi connectivity index (χ1n) is 3.54. The quantitative estimate of drug-likeness (QED) is 0.534. The Bertz CT molecular complexity index is 59.9. The molecule has 1 rings (SSSR count). The predicted molar refractivity (Wildman–Crippen MR) is 40.8 cm³/mol. The van der Waals surface area contributed by atoms with Gasteiger partial charge in [-0.1, -0.05) is 19.3 Å². The summed E-state index contributed by atoms with van der Waals surface area (Å²) >= 11 is 0. The van der Waals surface area contributed by atoms with Crippen LogP contribution in [0.3, 0.4) is 0 Å². The predicted octanol–water partition coefficient (Wildman–Crippen LogP) is 0.910. The maximum atomic E-state index is 8.69. The van der Waals surface area contributed by atoms with Crippen molar-refractivity contribution in [3.63, 3.8) is 0 Å². The molecule has 1 nitrogen and oxygen atoms in total. The van der Waals surface area contributed by atoms with Crippen LogP contribution in [0.5, 0.6) is 0 Å². The first kappa shape index (κ1) is 9.96. The van der Waals surface area contributed by atoms with Crippen LogP contribution in [0.4, 0.5) is 0 Å². The van der Waals surface area contributed by atoms with E-state index in [0.717, 1.165) is 0 Å². The number of hydrogen-bond donors (Lipinski definition) is 1. The molecule has 1 N–H and O–H groups in total. The Morgan fingerprint density at radius 2 is 1.67 bits per heavy atom. The Kier molecular flexibility index (Phi) is 6.33. The van der Waals surface area contributed by atoms with Gasteiger partial charge in [0, 0.05) is 6.61 Å². The first-order chi connectivity index (χ1) is 3.93. The second kappa shape index (κ2) is 5.72. The van der Waals surface area contributed by atoms with Gasteiger partial charge in [-0.2, -0.15) is 0 Å². The SMILES string of the molecule is OCC1CCCCC1.[NaH]. The first-order valence-corrected chi connectivity index (χ1v) is 3.54. The van der Waals surface area contributed by atoms with E-state index in [1.165, 1.54) is 32.1 Å². The van der Waals surface area contributed by atoms with Gasteiger partial charge in [0.1, 0.15) is 0 Å². The van der Waals surface area contributed by atoms with Gasteiger partial charge in [-0.15, -0.1) is 0 Å². The van der Waals surface area contributed by atoms with Gasteiger partial charge < -0.3 is 5.11 Å². The summed E-state index contributed by atoms with van der Waals surface area (Å²) in [6, 6.07) is 0. The fourth-order valence-corrected chi connectivity index (χ4v) is 1.37. The zero-order valence-corrected chi connectivity index (χ0v) is 5.27. The average molecular weight is 138 g/mol. The van der Waals surface area contributed by atoms with Gasteiger partial charge in [-0.25, -0.2) is 0 Å². The van der Waals surface area contributed by atoms with Crippen LogP contribution in [0, 0.1) is 5.92 Å². The van der Waals surface area contributed by atoms with Crippen molar-refractivity contribution in [1.82, 2.24) is 0 Å². The summed E-state index contributed by atoms with van der Waals surface area (Å²) in [6.07, 6.45) is 6.58. The van der Waals surface area contributed by atoms with E-state index in [-0.39, 0.29) is 29.6 Å². The summed E-state index contributed by atoms with van der Waals surface area (Å²) in [5, 5.41) is 8.69. The van der Waals surface area contributed by atoms with E-state index >= 15 is 0 Å². The van der Waals surface area contributed by atoms with Crippen LogP contribution in [0.1, 0.15) is 32.1 Å². The van der Waals surface area contributed by atoms with E-state index in [9.17, 15) is 0 Å². The van der Waals surface area contributed by atoms with Gasteiger partial charge >= 0.3 is 29.6 Å². The molecule has 0 amide bonds. The molecule has 0 aromatic rings. The monoisotopic (exact) mass is 138 g/mol. The summed E-state index contributed by atoms with van der Waals surface area (Å²) in [4.78, 5) is 0. The molecule has 1 saturated carbocycles. The van der Waals surface area contributed by atoms with E-state index in [1.807, 2.05) is 0 Å². The normalized spacial score (nSPS) is 21.0. The molecule has 0 heterocycles. The standard InChI is InChI=1S/C7H14O.Na.H/c8-6-7-4-2-1-3-5-7;;/h7-8H,1-6H2;;. The number of aliphatic hydroxyl groups is 1. The summed E-state index contributed by atoms with van der Waals surface area (Å²) in [7, 11) is 0. The second-order valence-corrected chi connectivity index (χ2v) is 2.69. The zero-order valence-electron chi connectivity index (χ0n) is 5.27. The van der Waals surface area contributed by atoms with Gasteiger partial charge in [0.2, 0.25) is 0 Å². The molecule has 0 aromatic heterocycles. The summed E-state index contributed by atoms with van der Waals surface area (Å²) in [5.74, 6) is 0.642. The Labute approximate surface area is 79.1 Å². The molecule has 1 aliphatic carbocycles. The summed E-state index contributed by atoms with van der Waals surface area (Å²) in [5.41, 5.74) is 0. The van der Waals surface area contributed by atoms with Crippen LogP contribution in [-0.2, 0) is 0 Å². The number of rotatable bonds is 1. The van der Waals surface area contributed by atoms with Crippen LogP contribution >= 0.6 is 0 Å². The molecule has 2 heteroatoms. The van der Waals surface area contributed by atoms with Crippen LogP contribution in [-0.4, -0.2) is 41.3 Å². The van der Waals surface area contributed by atoms with E-state index in [0.29, 0.717) is 12.5 Å². The minimum atomic E-state index is 0. The van der Waals surface area contributed by atoms with Crippen molar-refractivity contribution in [3.05, 3.63) is 0 Å². The van der Waals surface area contributed by atoms with Crippen molar-refractivity contribution in [2.45, 2.75) is 32.1 Å². The van der Waals surface area contributed by atoms with Gasteiger partial charge in [-0.05, 0) is 18.8 Å². The van der Waals surface area contributed by atoms with Crippen molar-refractivity contribution in [2.75, 3.05) is 6.61 Å². The third-order valence-electron chi connectivity index (χ3n) is 1.98. The molecule has 1 fully saturated rings. The van der Waals surface area contributed by atoms with Gasteiger partial charge in [-0.3, -0.25) is 0 Å². The van der Waals surface area contributed by atoms with Crippen molar-refractivity contribution in [3.8, 4) is 0 Å². The van der Waals surface area contributed by atoms with Crippen molar-refractivity contribution in [2.24, 2.45) is 5.92 Å². The van der Waals surface area contributed by atoms with Crippen LogP contribution in [0.25, 0.3) is 0 Å². The van der Waals surface area contributed by atoms with Gasteiger partial charge in [0.05, 0.1) is 0 Å². The van der Waals surface area contributed by atoms with Crippen LogP contribution in [0.2, 0.25) is 0 Å². The Hall–Kier alpha value is 0.960. The number of aliphatic hydroxyl groups excluding tert-OH is 1. The van der Waals surface area contributed by atoms with Gasteiger partial charge in [0.15, 0.2) is 0 Å². The van der Waals surface area contributed by atoms with Crippen molar-refractivity contribution < 1.29 is 5.11 Å². The molecule has 1 aliphatic rings. The van der Waals surface area contributed by atoms with Gasteiger partial charge in [0.25, 0.3) is 0 Å². The van der Waals surface area contributed by atoms with E-state index in [4.69, 9.17) is 5.11 Å². The Morgan fingerprint density at radius 1 is 1.11 bits per heavy atom. The molecule has 0 radical (unpaired) electrons. The molecule has 0 spiro atoms.